The maximum atomic E-state index is 13.2. The molecular formula is C13H15ClFN5O4S. The van der Waals surface area contributed by atoms with E-state index in [2.05, 4.69) is 30.7 Å². The number of hydrogen-bond acceptors (Lipinski definition) is 8. The third-order valence-electron chi connectivity index (χ3n) is 2.98. The van der Waals surface area contributed by atoms with Gasteiger partial charge in [0.15, 0.2) is 5.69 Å². The summed E-state index contributed by atoms with van der Waals surface area (Å²) in [6.45, 7) is 0.287. The van der Waals surface area contributed by atoms with Crippen LogP contribution < -0.4 is 10.6 Å². The number of halogens is 2. The lowest BCUT2D eigenvalue weighted by Gasteiger charge is -2.08. The van der Waals surface area contributed by atoms with Crippen LogP contribution in [0.15, 0.2) is 28.0 Å². The van der Waals surface area contributed by atoms with Crippen LogP contribution in [0.4, 0.5) is 15.9 Å². The predicted octanol–water partition coefficient (Wildman–Crippen LogP) is 1.96. The Kier molecular flexibility index (Phi) is 6.15. The monoisotopic (exact) mass is 391 g/mol. The van der Waals surface area contributed by atoms with Crippen LogP contribution in [0.5, 0.6) is 0 Å². The molecule has 0 aliphatic carbocycles. The highest BCUT2D eigenvalue weighted by molar-refractivity contribution is 7.90. The zero-order valence-electron chi connectivity index (χ0n) is 13.0. The van der Waals surface area contributed by atoms with E-state index in [1.54, 1.807) is 0 Å². The van der Waals surface area contributed by atoms with Gasteiger partial charge in [-0.15, -0.1) is 0 Å². The highest BCUT2D eigenvalue weighted by Gasteiger charge is 2.18. The molecule has 3 N–H and O–H groups in total. The molecule has 0 aliphatic rings. The van der Waals surface area contributed by atoms with Crippen molar-refractivity contribution in [3.05, 3.63) is 34.7 Å². The van der Waals surface area contributed by atoms with Gasteiger partial charge >= 0.3 is 0 Å². The molecule has 9 nitrogen and oxygen atoms in total. The van der Waals surface area contributed by atoms with Gasteiger partial charge in [-0.25, -0.2) is 17.4 Å². The molecule has 1 aromatic carbocycles. The van der Waals surface area contributed by atoms with E-state index in [1.165, 1.54) is 12.1 Å². The van der Waals surface area contributed by atoms with E-state index in [4.69, 9.17) is 11.6 Å². The Morgan fingerprint density at radius 1 is 1.44 bits per heavy atom. The first-order chi connectivity index (χ1) is 11.8. The van der Waals surface area contributed by atoms with Crippen molar-refractivity contribution in [2.75, 3.05) is 29.2 Å². The number of sulfone groups is 1. The molecule has 1 aromatic heterocycles. The molecule has 25 heavy (non-hydrogen) atoms. The normalized spacial score (nSPS) is 12.2. The fraction of sp³-hybridized carbons (Fsp3) is 0.308. The van der Waals surface area contributed by atoms with E-state index < -0.39 is 15.7 Å². The SMILES string of the molecule is CS(=O)(=O)CCCNc1nonc1C(=NO)Nc1ccc(F)c(Cl)c1. The zero-order valence-corrected chi connectivity index (χ0v) is 14.6. The third-order valence-corrected chi connectivity index (χ3v) is 4.30. The first kappa shape index (κ1) is 18.9. The number of amidine groups is 1. The molecule has 0 amide bonds. The second-order valence-electron chi connectivity index (χ2n) is 5.07. The zero-order chi connectivity index (χ0) is 18.4. The van der Waals surface area contributed by atoms with Crippen LogP contribution in [0, 0.1) is 5.82 Å². The topological polar surface area (TPSA) is 130 Å². The van der Waals surface area contributed by atoms with Crippen molar-refractivity contribution in [1.29, 1.82) is 0 Å². The summed E-state index contributed by atoms with van der Waals surface area (Å²) in [5, 5.41) is 24.9. The smallest absolute Gasteiger partial charge is 0.203 e. The standard InChI is InChI=1S/C13H15ClFN5O4S/c1-25(22,23)6-2-5-16-12-11(19-24-20-12)13(18-21)17-8-3-4-10(15)9(14)7-8/h3-4,7,21H,2,5-6H2,1H3,(H,16,20)(H,17,18). The van der Waals surface area contributed by atoms with Gasteiger partial charge in [0.2, 0.25) is 11.7 Å². The van der Waals surface area contributed by atoms with Crippen LogP contribution in [-0.4, -0.2) is 48.3 Å². The van der Waals surface area contributed by atoms with E-state index in [0.29, 0.717) is 12.1 Å². The van der Waals surface area contributed by atoms with Gasteiger partial charge in [-0.3, -0.25) is 0 Å². The van der Waals surface area contributed by atoms with E-state index in [0.717, 1.165) is 12.3 Å². The lowest BCUT2D eigenvalue weighted by molar-refractivity contribution is 0.305. The van der Waals surface area contributed by atoms with Gasteiger partial charge < -0.3 is 15.8 Å². The molecule has 0 saturated carbocycles. The van der Waals surface area contributed by atoms with Gasteiger partial charge in [-0.1, -0.05) is 16.8 Å². The highest BCUT2D eigenvalue weighted by atomic mass is 35.5. The largest absolute Gasteiger partial charge is 0.409 e. The lowest BCUT2D eigenvalue weighted by Crippen LogP contribution is -2.17. The Bertz CT molecular complexity index is 871. The number of aromatic nitrogens is 2. The lowest BCUT2D eigenvalue weighted by atomic mass is 10.3. The van der Waals surface area contributed by atoms with E-state index in [1.807, 2.05) is 0 Å². The van der Waals surface area contributed by atoms with Crippen LogP contribution in [0.1, 0.15) is 12.1 Å². The highest BCUT2D eigenvalue weighted by Crippen LogP contribution is 2.21. The molecule has 0 unspecified atom stereocenters. The van der Waals surface area contributed by atoms with E-state index >= 15 is 0 Å². The number of nitrogens with zero attached hydrogens (tertiary/aromatic N) is 3. The second kappa shape index (κ2) is 8.12. The summed E-state index contributed by atoms with van der Waals surface area (Å²) in [4.78, 5) is 0. The number of rotatable bonds is 7. The van der Waals surface area contributed by atoms with Crippen molar-refractivity contribution in [3.63, 3.8) is 0 Å². The predicted molar refractivity (Wildman–Crippen MR) is 90.5 cm³/mol. The minimum atomic E-state index is -3.06. The Morgan fingerprint density at radius 2 is 2.20 bits per heavy atom. The van der Waals surface area contributed by atoms with Gasteiger partial charge in [-0.2, -0.15) is 0 Å². The molecule has 0 aliphatic heterocycles. The fourth-order valence-corrected chi connectivity index (χ4v) is 2.69. The number of hydrogen-bond donors (Lipinski definition) is 3. The molecule has 0 fully saturated rings. The van der Waals surface area contributed by atoms with Crippen LogP contribution in [-0.2, 0) is 9.84 Å². The summed E-state index contributed by atoms with van der Waals surface area (Å²) in [5.74, 6) is -0.545. The summed E-state index contributed by atoms with van der Waals surface area (Å²) in [6.07, 6.45) is 1.49. The third kappa shape index (κ3) is 5.57. The molecular weight excluding hydrogens is 377 g/mol. The summed E-state index contributed by atoms with van der Waals surface area (Å²) in [5.41, 5.74) is 0.410. The number of anilines is 2. The molecule has 0 atom stereocenters. The molecule has 12 heteroatoms. The first-order valence-corrected chi connectivity index (χ1v) is 9.42. The van der Waals surface area contributed by atoms with Crippen molar-refractivity contribution in [2.45, 2.75) is 6.42 Å². The molecule has 2 aromatic rings. The quantitative estimate of drug-likeness (QED) is 0.215. The summed E-state index contributed by atoms with van der Waals surface area (Å²) < 4.78 is 40.0. The minimum absolute atomic E-state index is 0.00783. The second-order valence-corrected chi connectivity index (χ2v) is 7.74. The van der Waals surface area contributed by atoms with Crippen LogP contribution >= 0.6 is 11.6 Å². The van der Waals surface area contributed by atoms with Gasteiger partial charge in [0.25, 0.3) is 0 Å². The van der Waals surface area contributed by atoms with Crippen LogP contribution in [0.25, 0.3) is 0 Å². The fourth-order valence-electron chi connectivity index (χ4n) is 1.84. The van der Waals surface area contributed by atoms with Gasteiger partial charge in [-0.05, 0) is 34.9 Å². The Labute approximate surface area is 147 Å². The summed E-state index contributed by atoms with van der Waals surface area (Å²) >= 11 is 5.69. The number of benzene rings is 1. The molecule has 0 spiro atoms. The van der Waals surface area contributed by atoms with Gasteiger partial charge in [0.05, 0.1) is 10.8 Å². The molecule has 1 heterocycles. The van der Waals surface area contributed by atoms with Crippen molar-refractivity contribution >= 4 is 38.8 Å². The van der Waals surface area contributed by atoms with E-state index in [-0.39, 0.29) is 34.7 Å². The summed E-state index contributed by atoms with van der Waals surface area (Å²) in [6, 6.07) is 3.83. The molecule has 0 radical (unpaired) electrons. The maximum absolute atomic E-state index is 13.2. The molecule has 0 saturated heterocycles. The first-order valence-electron chi connectivity index (χ1n) is 6.99. The Morgan fingerprint density at radius 3 is 2.84 bits per heavy atom. The summed E-state index contributed by atoms with van der Waals surface area (Å²) in [7, 11) is -3.06. The van der Waals surface area contributed by atoms with Crippen molar-refractivity contribution in [3.8, 4) is 0 Å². The average Bonchev–Trinajstić information content (AvgIpc) is 3.00. The average molecular weight is 392 g/mol. The van der Waals surface area contributed by atoms with Crippen molar-refractivity contribution in [1.82, 2.24) is 10.3 Å². The Balaban J connectivity index is 2.06. The minimum Gasteiger partial charge on any atom is -0.409 e. The number of nitrogens with one attached hydrogen (secondary N) is 2. The number of oxime groups is 1. The van der Waals surface area contributed by atoms with Crippen LogP contribution in [0.3, 0.4) is 0 Å². The molecule has 2 rings (SSSR count). The van der Waals surface area contributed by atoms with E-state index in [9.17, 15) is 18.0 Å². The molecule has 0 bridgehead atoms. The molecule has 136 valence electrons. The van der Waals surface area contributed by atoms with Crippen molar-refractivity contribution in [2.24, 2.45) is 5.16 Å². The van der Waals surface area contributed by atoms with Gasteiger partial charge in [0.1, 0.15) is 15.7 Å². The Hall–Kier alpha value is -2.40. The van der Waals surface area contributed by atoms with Crippen LogP contribution in [0.2, 0.25) is 5.02 Å². The van der Waals surface area contributed by atoms with Crippen molar-refractivity contribution < 1.29 is 22.6 Å². The van der Waals surface area contributed by atoms with Gasteiger partial charge in [0, 0.05) is 18.5 Å². The maximum Gasteiger partial charge on any atom is 0.203 e.